The minimum absolute atomic E-state index is 0.403. The van der Waals surface area contributed by atoms with Gasteiger partial charge >= 0.3 is 0 Å². The van der Waals surface area contributed by atoms with Gasteiger partial charge < -0.3 is 16.3 Å². The Bertz CT molecular complexity index is 107. The van der Waals surface area contributed by atoms with Crippen molar-refractivity contribution in [3.63, 3.8) is 0 Å². The normalized spacial score (nSPS) is 11.9. The second-order valence-corrected chi connectivity index (χ2v) is 2.63. The average molecular weight is 163 g/mol. The summed E-state index contributed by atoms with van der Waals surface area (Å²) < 4.78 is 5.06. The van der Waals surface area contributed by atoms with Crippen LogP contribution in [0.4, 0.5) is 0 Å². The molecule has 0 aliphatic rings. The van der Waals surface area contributed by atoms with E-state index in [0.29, 0.717) is 11.8 Å². The molecule has 4 N–H and O–H groups in total. The molecule has 0 unspecified atom stereocenters. The highest BCUT2D eigenvalue weighted by atomic mass is 32.2. The highest BCUT2D eigenvalue weighted by Crippen LogP contribution is 1.97. The minimum Gasteiger partial charge on any atom is -0.381 e. The summed E-state index contributed by atoms with van der Waals surface area (Å²) in [4.78, 5) is 0. The number of thioether (sulfide) groups is 1. The molecule has 0 amide bonds. The molecule has 5 heteroatoms. The standard InChI is InChI=1S/C5H13N3OS/c1-2-9-3-4-10-5(6)8-7/h2-4,7H2,1H3,(H2,6,8). The van der Waals surface area contributed by atoms with Crippen LogP contribution < -0.4 is 11.6 Å². The number of nitrogens with zero attached hydrogens (tertiary/aromatic N) is 1. The van der Waals surface area contributed by atoms with Crippen LogP contribution in [0.2, 0.25) is 0 Å². The molecule has 0 aliphatic heterocycles. The molecule has 0 heterocycles. The van der Waals surface area contributed by atoms with E-state index in [4.69, 9.17) is 16.3 Å². The molecule has 4 nitrogen and oxygen atoms in total. The van der Waals surface area contributed by atoms with Crippen LogP contribution in [0.3, 0.4) is 0 Å². The van der Waals surface area contributed by atoms with Crippen molar-refractivity contribution in [3.05, 3.63) is 0 Å². The molecule has 10 heavy (non-hydrogen) atoms. The summed E-state index contributed by atoms with van der Waals surface area (Å²) in [7, 11) is 0. The molecule has 60 valence electrons. The number of hydrogen-bond donors (Lipinski definition) is 2. The monoisotopic (exact) mass is 163 g/mol. The van der Waals surface area contributed by atoms with E-state index in [1.54, 1.807) is 0 Å². The Kier molecular flexibility index (Phi) is 6.42. The third-order valence-electron chi connectivity index (χ3n) is 0.809. The van der Waals surface area contributed by atoms with E-state index in [-0.39, 0.29) is 0 Å². The molecular formula is C5H13N3OS. The van der Waals surface area contributed by atoms with Gasteiger partial charge in [0.25, 0.3) is 0 Å². The number of ether oxygens (including phenoxy) is 1. The van der Waals surface area contributed by atoms with E-state index in [9.17, 15) is 0 Å². The Labute approximate surface area is 65.0 Å². The maximum atomic E-state index is 5.29. The molecule has 0 saturated heterocycles. The van der Waals surface area contributed by atoms with Gasteiger partial charge in [-0.2, -0.15) is 5.10 Å². The number of hydrogen-bond acceptors (Lipinski definition) is 4. The number of amidine groups is 1. The zero-order valence-corrected chi connectivity index (χ0v) is 6.86. The molecule has 0 aromatic rings. The quantitative estimate of drug-likeness (QED) is 0.200. The third kappa shape index (κ3) is 5.71. The molecule has 0 fully saturated rings. The van der Waals surface area contributed by atoms with Crippen molar-refractivity contribution in [1.82, 2.24) is 0 Å². The molecule has 0 aromatic carbocycles. The predicted octanol–water partition coefficient (Wildman–Crippen LogP) is -0.0555. The molecule has 0 aromatic heterocycles. The van der Waals surface area contributed by atoms with Gasteiger partial charge in [-0.3, -0.25) is 0 Å². The van der Waals surface area contributed by atoms with Crippen LogP contribution in [0.1, 0.15) is 6.92 Å². The summed E-state index contributed by atoms with van der Waals surface area (Å²) in [5.74, 6) is 5.69. The maximum Gasteiger partial charge on any atom is 0.177 e. The second-order valence-electron chi connectivity index (χ2n) is 1.51. The average Bonchev–Trinajstić information content (AvgIpc) is 1.98. The maximum absolute atomic E-state index is 5.29. The number of nitrogens with two attached hydrogens (primary N) is 2. The summed E-state index contributed by atoms with van der Waals surface area (Å²) >= 11 is 1.39. The van der Waals surface area contributed by atoms with Gasteiger partial charge in [0.1, 0.15) is 0 Å². The van der Waals surface area contributed by atoms with Gasteiger partial charge in [0.15, 0.2) is 5.17 Å². The highest BCUT2D eigenvalue weighted by molar-refractivity contribution is 8.13. The first-order valence-corrected chi connectivity index (χ1v) is 4.03. The van der Waals surface area contributed by atoms with Gasteiger partial charge in [-0.05, 0) is 6.92 Å². The Morgan fingerprint density at radius 2 is 2.40 bits per heavy atom. The van der Waals surface area contributed by atoms with Crippen molar-refractivity contribution >= 4 is 16.9 Å². The molecule has 0 saturated carbocycles. The zero-order valence-electron chi connectivity index (χ0n) is 6.04. The van der Waals surface area contributed by atoms with E-state index in [0.717, 1.165) is 12.4 Å². The van der Waals surface area contributed by atoms with Crippen LogP contribution in [-0.4, -0.2) is 24.1 Å². The van der Waals surface area contributed by atoms with Gasteiger partial charge in [0, 0.05) is 12.4 Å². The Hall–Kier alpha value is -0.420. The fraction of sp³-hybridized carbons (Fsp3) is 0.800. The molecule has 0 spiro atoms. The SMILES string of the molecule is CCOCCSC(N)=NN. The van der Waals surface area contributed by atoms with Crippen LogP contribution in [-0.2, 0) is 4.74 Å². The molecule has 0 radical (unpaired) electrons. The number of hydrazone groups is 1. The van der Waals surface area contributed by atoms with Crippen molar-refractivity contribution in [1.29, 1.82) is 0 Å². The minimum atomic E-state index is 0.403. The lowest BCUT2D eigenvalue weighted by Crippen LogP contribution is -2.11. The third-order valence-corrected chi connectivity index (χ3v) is 1.58. The largest absolute Gasteiger partial charge is 0.381 e. The van der Waals surface area contributed by atoms with Crippen LogP contribution in [0, 0.1) is 0 Å². The van der Waals surface area contributed by atoms with E-state index < -0.39 is 0 Å². The molecule has 0 atom stereocenters. The van der Waals surface area contributed by atoms with E-state index >= 15 is 0 Å². The van der Waals surface area contributed by atoms with Crippen LogP contribution in [0.15, 0.2) is 5.10 Å². The smallest absolute Gasteiger partial charge is 0.177 e. The second kappa shape index (κ2) is 6.70. The fourth-order valence-corrected chi connectivity index (χ4v) is 0.872. The summed E-state index contributed by atoms with van der Waals surface area (Å²) in [5.41, 5.74) is 5.29. The highest BCUT2D eigenvalue weighted by Gasteiger charge is 1.91. The van der Waals surface area contributed by atoms with Crippen LogP contribution in [0.5, 0.6) is 0 Å². The lowest BCUT2D eigenvalue weighted by atomic mass is 10.8. The first-order chi connectivity index (χ1) is 4.81. The van der Waals surface area contributed by atoms with Gasteiger partial charge in [0.05, 0.1) is 6.61 Å². The lowest BCUT2D eigenvalue weighted by Gasteiger charge is -1.98. The van der Waals surface area contributed by atoms with Crippen molar-refractivity contribution in [2.24, 2.45) is 16.7 Å². The van der Waals surface area contributed by atoms with Crippen LogP contribution in [0.25, 0.3) is 0 Å². The van der Waals surface area contributed by atoms with Crippen molar-refractivity contribution in [3.8, 4) is 0 Å². The van der Waals surface area contributed by atoms with Crippen molar-refractivity contribution < 1.29 is 4.74 Å². The summed E-state index contributed by atoms with van der Waals surface area (Å²) in [6.45, 7) is 3.38. The summed E-state index contributed by atoms with van der Waals surface area (Å²) in [5, 5.41) is 3.69. The van der Waals surface area contributed by atoms with Gasteiger partial charge in [-0.25, -0.2) is 0 Å². The topological polar surface area (TPSA) is 73.6 Å². The Morgan fingerprint density at radius 3 is 2.90 bits per heavy atom. The first-order valence-electron chi connectivity index (χ1n) is 3.05. The van der Waals surface area contributed by atoms with Gasteiger partial charge in [-0.15, -0.1) is 0 Å². The summed E-state index contributed by atoms with van der Waals surface area (Å²) in [6, 6.07) is 0. The van der Waals surface area contributed by atoms with Crippen molar-refractivity contribution in [2.45, 2.75) is 6.92 Å². The Morgan fingerprint density at radius 1 is 1.70 bits per heavy atom. The first kappa shape index (κ1) is 9.58. The van der Waals surface area contributed by atoms with Gasteiger partial charge in [-0.1, -0.05) is 11.8 Å². The van der Waals surface area contributed by atoms with Gasteiger partial charge in [0.2, 0.25) is 0 Å². The predicted molar refractivity (Wildman–Crippen MR) is 44.8 cm³/mol. The summed E-state index contributed by atoms with van der Waals surface area (Å²) in [6.07, 6.45) is 0. The molecule has 0 aliphatic carbocycles. The molecule has 0 bridgehead atoms. The van der Waals surface area contributed by atoms with E-state index in [2.05, 4.69) is 5.10 Å². The van der Waals surface area contributed by atoms with Crippen molar-refractivity contribution in [2.75, 3.05) is 19.0 Å². The molecule has 0 rings (SSSR count). The van der Waals surface area contributed by atoms with E-state index in [1.165, 1.54) is 11.8 Å². The number of rotatable bonds is 4. The van der Waals surface area contributed by atoms with E-state index in [1.807, 2.05) is 6.92 Å². The zero-order chi connectivity index (χ0) is 7.82. The lowest BCUT2D eigenvalue weighted by molar-refractivity contribution is 0.164. The fourth-order valence-electron chi connectivity index (χ4n) is 0.387. The Balaban J connectivity index is 3.04. The van der Waals surface area contributed by atoms with Crippen LogP contribution >= 0.6 is 11.8 Å². The molecular weight excluding hydrogens is 150 g/mol.